The van der Waals surface area contributed by atoms with Crippen molar-refractivity contribution in [1.29, 1.82) is 0 Å². The molecule has 1 aliphatic heterocycles. The van der Waals surface area contributed by atoms with Gasteiger partial charge in [0.2, 0.25) is 5.91 Å². The summed E-state index contributed by atoms with van der Waals surface area (Å²) in [5.41, 5.74) is 2.63. The van der Waals surface area contributed by atoms with Gasteiger partial charge in [0, 0.05) is 31.9 Å². The minimum atomic E-state index is 0.0286. The summed E-state index contributed by atoms with van der Waals surface area (Å²) in [7, 11) is 0. The van der Waals surface area contributed by atoms with Gasteiger partial charge in [0.15, 0.2) is 0 Å². The van der Waals surface area contributed by atoms with E-state index in [9.17, 15) is 4.79 Å². The summed E-state index contributed by atoms with van der Waals surface area (Å²) in [6, 6.07) is 8.79. The van der Waals surface area contributed by atoms with Crippen LogP contribution in [0.4, 0.5) is 5.69 Å². The summed E-state index contributed by atoms with van der Waals surface area (Å²) in [6.45, 7) is 5.87. The molecule has 25 heavy (non-hydrogen) atoms. The Hall–Kier alpha value is -1.51. The molecular formula is C22H30N2O. The van der Waals surface area contributed by atoms with E-state index in [1.165, 1.54) is 49.8 Å². The highest BCUT2D eigenvalue weighted by atomic mass is 16.2. The molecule has 4 saturated carbocycles. The molecule has 5 aliphatic rings. The lowest BCUT2D eigenvalue weighted by Crippen LogP contribution is -2.58. The molecule has 134 valence electrons. The number of rotatable bonds is 2. The zero-order chi connectivity index (χ0) is 17.0. The average Bonchev–Trinajstić information content (AvgIpc) is 2.61. The standard InChI is InChI=1S/C22H30N2O/c1-16-2-4-20(5-3-16)23-6-8-24(9-7-23)21(25)22-13-17-10-18(14-22)12-19(11-17)15-22/h2-5,17-19H,6-15H2,1H3. The van der Waals surface area contributed by atoms with Crippen LogP contribution in [0, 0.1) is 30.1 Å². The minimum Gasteiger partial charge on any atom is -0.368 e. The second-order valence-electron chi connectivity index (χ2n) is 9.31. The molecule has 1 heterocycles. The van der Waals surface area contributed by atoms with E-state index in [0.717, 1.165) is 43.9 Å². The fourth-order valence-corrected chi connectivity index (χ4v) is 6.63. The van der Waals surface area contributed by atoms with Crippen molar-refractivity contribution in [3.05, 3.63) is 29.8 Å². The molecule has 1 aromatic carbocycles. The molecule has 3 nitrogen and oxygen atoms in total. The summed E-state index contributed by atoms with van der Waals surface area (Å²) in [6.07, 6.45) is 7.80. The Kier molecular flexibility index (Phi) is 3.62. The SMILES string of the molecule is Cc1ccc(N2CCN(C(=O)C34CC5CC(CC(C5)C3)C4)CC2)cc1. The first kappa shape index (κ1) is 15.7. The van der Waals surface area contributed by atoms with Gasteiger partial charge in [-0.1, -0.05) is 17.7 Å². The van der Waals surface area contributed by atoms with Gasteiger partial charge in [-0.05, 0) is 75.3 Å². The molecule has 0 N–H and O–H groups in total. The Morgan fingerprint density at radius 2 is 1.40 bits per heavy atom. The van der Waals surface area contributed by atoms with Gasteiger partial charge in [0.1, 0.15) is 0 Å². The minimum absolute atomic E-state index is 0.0286. The molecule has 0 aromatic heterocycles. The molecular weight excluding hydrogens is 308 g/mol. The van der Waals surface area contributed by atoms with E-state index < -0.39 is 0 Å². The maximum Gasteiger partial charge on any atom is 0.228 e. The fraction of sp³-hybridized carbons (Fsp3) is 0.682. The monoisotopic (exact) mass is 338 g/mol. The second-order valence-corrected chi connectivity index (χ2v) is 9.31. The van der Waals surface area contributed by atoms with Crippen LogP contribution < -0.4 is 4.90 Å². The summed E-state index contributed by atoms with van der Waals surface area (Å²) in [4.78, 5) is 18.1. The largest absolute Gasteiger partial charge is 0.368 e. The lowest BCUT2D eigenvalue weighted by Gasteiger charge is -2.57. The lowest BCUT2D eigenvalue weighted by atomic mass is 9.49. The van der Waals surface area contributed by atoms with Gasteiger partial charge in [0.05, 0.1) is 5.41 Å². The summed E-state index contributed by atoms with van der Waals surface area (Å²) in [5.74, 6) is 3.06. The molecule has 0 radical (unpaired) electrons. The van der Waals surface area contributed by atoms with Crippen LogP contribution in [-0.2, 0) is 4.79 Å². The van der Waals surface area contributed by atoms with Crippen LogP contribution in [0.1, 0.15) is 44.1 Å². The Labute approximate surface area is 151 Å². The molecule has 4 bridgehead atoms. The van der Waals surface area contributed by atoms with E-state index in [2.05, 4.69) is 41.0 Å². The van der Waals surface area contributed by atoms with Crippen LogP contribution in [0.3, 0.4) is 0 Å². The molecule has 0 spiro atoms. The highest BCUT2D eigenvalue weighted by Crippen LogP contribution is 2.60. The third-order valence-electron chi connectivity index (χ3n) is 7.46. The van der Waals surface area contributed by atoms with Crippen molar-refractivity contribution in [3.8, 4) is 0 Å². The Bertz CT molecular complexity index is 622. The van der Waals surface area contributed by atoms with Crippen LogP contribution in [0.25, 0.3) is 0 Å². The predicted octanol–water partition coefficient (Wildman–Crippen LogP) is 3.86. The summed E-state index contributed by atoms with van der Waals surface area (Å²) in [5, 5.41) is 0. The number of hydrogen-bond acceptors (Lipinski definition) is 2. The average molecular weight is 338 g/mol. The quantitative estimate of drug-likeness (QED) is 0.817. The van der Waals surface area contributed by atoms with Crippen molar-refractivity contribution in [1.82, 2.24) is 4.90 Å². The molecule has 3 heteroatoms. The Morgan fingerprint density at radius 3 is 1.92 bits per heavy atom. The third kappa shape index (κ3) is 2.67. The number of nitrogens with zero attached hydrogens (tertiary/aromatic N) is 2. The first-order chi connectivity index (χ1) is 12.1. The maximum absolute atomic E-state index is 13.4. The third-order valence-corrected chi connectivity index (χ3v) is 7.46. The van der Waals surface area contributed by atoms with Gasteiger partial charge in [-0.2, -0.15) is 0 Å². The van der Waals surface area contributed by atoms with Crippen LogP contribution in [0.15, 0.2) is 24.3 Å². The summed E-state index contributed by atoms with van der Waals surface area (Å²) < 4.78 is 0. The number of piperazine rings is 1. The highest BCUT2D eigenvalue weighted by Gasteiger charge is 2.55. The molecule has 4 aliphatic carbocycles. The van der Waals surface area contributed by atoms with Gasteiger partial charge >= 0.3 is 0 Å². The van der Waals surface area contributed by atoms with Crippen LogP contribution in [-0.4, -0.2) is 37.0 Å². The Balaban J connectivity index is 1.26. The van der Waals surface area contributed by atoms with Crippen molar-refractivity contribution in [2.24, 2.45) is 23.2 Å². The van der Waals surface area contributed by atoms with E-state index in [0.29, 0.717) is 5.91 Å². The van der Waals surface area contributed by atoms with Crippen molar-refractivity contribution < 1.29 is 4.79 Å². The molecule has 1 aromatic rings. The van der Waals surface area contributed by atoms with Gasteiger partial charge in [0.25, 0.3) is 0 Å². The van der Waals surface area contributed by atoms with E-state index in [4.69, 9.17) is 0 Å². The highest BCUT2D eigenvalue weighted by molar-refractivity contribution is 5.83. The second kappa shape index (κ2) is 5.75. The van der Waals surface area contributed by atoms with Crippen molar-refractivity contribution >= 4 is 11.6 Å². The normalized spacial score (nSPS) is 36.8. The topological polar surface area (TPSA) is 23.6 Å². The van der Waals surface area contributed by atoms with E-state index in [1.54, 1.807) is 0 Å². The number of carbonyl (C=O) groups is 1. The molecule has 1 amide bonds. The smallest absolute Gasteiger partial charge is 0.228 e. The fourth-order valence-electron chi connectivity index (χ4n) is 6.63. The van der Waals surface area contributed by atoms with Crippen molar-refractivity contribution in [2.75, 3.05) is 31.1 Å². The Morgan fingerprint density at radius 1 is 0.880 bits per heavy atom. The van der Waals surface area contributed by atoms with Gasteiger partial charge in [-0.15, -0.1) is 0 Å². The zero-order valence-electron chi connectivity index (χ0n) is 15.4. The number of carbonyl (C=O) groups excluding carboxylic acids is 1. The number of benzene rings is 1. The zero-order valence-corrected chi connectivity index (χ0v) is 15.4. The first-order valence-corrected chi connectivity index (χ1v) is 10.2. The summed E-state index contributed by atoms with van der Waals surface area (Å²) >= 11 is 0. The molecule has 6 rings (SSSR count). The first-order valence-electron chi connectivity index (χ1n) is 10.2. The van der Waals surface area contributed by atoms with Crippen LogP contribution in [0.2, 0.25) is 0 Å². The number of aryl methyl sites for hydroxylation is 1. The molecule has 0 unspecified atom stereocenters. The lowest BCUT2D eigenvalue weighted by molar-refractivity contribution is -0.158. The molecule has 5 fully saturated rings. The van der Waals surface area contributed by atoms with Gasteiger partial charge in [-0.25, -0.2) is 0 Å². The molecule has 0 atom stereocenters. The van der Waals surface area contributed by atoms with Crippen LogP contribution in [0.5, 0.6) is 0 Å². The number of anilines is 1. The van der Waals surface area contributed by atoms with Gasteiger partial charge < -0.3 is 9.80 Å². The predicted molar refractivity (Wildman–Crippen MR) is 101 cm³/mol. The number of hydrogen-bond donors (Lipinski definition) is 0. The van der Waals surface area contributed by atoms with E-state index in [-0.39, 0.29) is 5.41 Å². The van der Waals surface area contributed by atoms with Gasteiger partial charge in [-0.3, -0.25) is 4.79 Å². The van der Waals surface area contributed by atoms with E-state index in [1.807, 2.05) is 0 Å². The number of amides is 1. The van der Waals surface area contributed by atoms with E-state index >= 15 is 0 Å². The molecule has 1 saturated heterocycles. The van der Waals surface area contributed by atoms with Crippen molar-refractivity contribution in [3.63, 3.8) is 0 Å². The van der Waals surface area contributed by atoms with Crippen molar-refractivity contribution in [2.45, 2.75) is 45.4 Å². The van der Waals surface area contributed by atoms with Crippen LogP contribution >= 0.6 is 0 Å². The maximum atomic E-state index is 13.4.